The van der Waals surface area contributed by atoms with Crippen molar-refractivity contribution in [1.82, 2.24) is 24.9 Å². The Balaban J connectivity index is 1.43. The highest BCUT2D eigenvalue weighted by Gasteiger charge is 2.28. The molecule has 3 aromatic heterocycles. The van der Waals surface area contributed by atoms with Crippen LogP contribution in [0.4, 0.5) is 0 Å². The second-order valence-corrected chi connectivity index (χ2v) is 7.36. The van der Waals surface area contributed by atoms with Crippen molar-refractivity contribution < 1.29 is 9.53 Å². The Bertz CT molecular complexity index is 908. The van der Waals surface area contributed by atoms with Gasteiger partial charge in [-0.25, -0.2) is 0 Å². The van der Waals surface area contributed by atoms with E-state index in [9.17, 15) is 4.79 Å². The second kappa shape index (κ2) is 6.95. The van der Waals surface area contributed by atoms with E-state index in [1.807, 2.05) is 10.7 Å². The number of carbonyl (C=O) groups is 1. The highest BCUT2D eigenvalue weighted by atomic mass is 32.1. The number of carbonyl (C=O) groups excluding carboxylic acids is 1. The van der Waals surface area contributed by atoms with Crippen LogP contribution in [0.1, 0.15) is 34.8 Å². The minimum absolute atomic E-state index is 0.187. The van der Waals surface area contributed by atoms with Crippen LogP contribution < -0.4 is 10.1 Å². The smallest absolute Gasteiger partial charge is 0.258 e. The number of amides is 1. The van der Waals surface area contributed by atoms with E-state index in [-0.39, 0.29) is 5.91 Å². The molecule has 0 aromatic carbocycles. The molecule has 1 N–H and O–H groups in total. The van der Waals surface area contributed by atoms with Gasteiger partial charge in [-0.3, -0.25) is 14.2 Å². The molecule has 1 amide bonds. The van der Waals surface area contributed by atoms with E-state index in [4.69, 9.17) is 9.84 Å². The molecule has 3 aromatic rings. The van der Waals surface area contributed by atoms with Crippen molar-refractivity contribution in [3.8, 4) is 16.5 Å². The summed E-state index contributed by atoms with van der Waals surface area (Å²) in [6.45, 7) is 1.15. The molecule has 1 aliphatic rings. The molecule has 1 fully saturated rings. The van der Waals surface area contributed by atoms with Crippen LogP contribution in [0.15, 0.2) is 29.8 Å². The highest BCUT2D eigenvalue weighted by molar-refractivity contribution is 7.13. The third-order valence-electron chi connectivity index (χ3n) is 4.42. The minimum atomic E-state index is -0.187. The number of hydrogen-bond donors (Lipinski definition) is 1. The summed E-state index contributed by atoms with van der Waals surface area (Å²) in [5.41, 5.74) is 2.72. The fourth-order valence-electron chi connectivity index (χ4n) is 3.01. The van der Waals surface area contributed by atoms with Crippen molar-refractivity contribution in [3.63, 3.8) is 0 Å². The van der Waals surface area contributed by atoms with Crippen molar-refractivity contribution in [3.05, 3.63) is 41.0 Å². The van der Waals surface area contributed by atoms with Gasteiger partial charge < -0.3 is 10.1 Å². The summed E-state index contributed by atoms with van der Waals surface area (Å²) in [4.78, 5) is 13.6. The van der Waals surface area contributed by atoms with Crippen LogP contribution >= 0.6 is 11.3 Å². The van der Waals surface area contributed by atoms with E-state index >= 15 is 0 Å². The first-order chi connectivity index (χ1) is 12.7. The lowest BCUT2D eigenvalue weighted by atomic mass is 10.2. The number of hydrogen-bond acceptors (Lipinski definition) is 5. The number of aryl methyl sites for hydroxylation is 1. The average Bonchev–Trinajstić information content (AvgIpc) is 3.04. The minimum Gasteiger partial charge on any atom is -0.479 e. The molecule has 0 unspecified atom stereocenters. The first kappa shape index (κ1) is 16.8. The summed E-state index contributed by atoms with van der Waals surface area (Å²) >= 11 is 1.69. The lowest BCUT2D eigenvalue weighted by Crippen LogP contribution is -2.28. The molecule has 26 heavy (non-hydrogen) atoms. The van der Waals surface area contributed by atoms with Gasteiger partial charge in [0.05, 0.1) is 18.5 Å². The Kier molecular flexibility index (Phi) is 4.50. The Morgan fingerprint density at radius 3 is 2.96 bits per heavy atom. The summed E-state index contributed by atoms with van der Waals surface area (Å²) < 4.78 is 8.75. The fraction of sp³-hybridized carbons (Fsp3) is 0.389. The maximum atomic E-state index is 12.4. The van der Waals surface area contributed by atoms with E-state index in [0.717, 1.165) is 5.69 Å². The van der Waals surface area contributed by atoms with E-state index in [2.05, 4.69) is 27.9 Å². The first-order valence-corrected chi connectivity index (χ1v) is 9.51. The van der Waals surface area contributed by atoms with Gasteiger partial charge in [0, 0.05) is 31.4 Å². The number of nitrogens with zero attached hydrogens (tertiary/aromatic N) is 4. The molecule has 0 saturated heterocycles. The molecular formula is C18H21N5O2S. The van der Waals surface area contributed by atoms with Gasteiger partial charge in [0.1, 0.15) is 11.3 Å². The molecule has 3 heterocycles. The Morgan fingerprint density at radius 2 is 2.27 bits per heavy atom. The number of thiophene rings is 1. The molecular weight excluding hydrogens is 350 g/mol. The largest absolute Gasteiger partial charge is 0.479 e. The number of aromatic nitrogens is 4. The monoisotopic (exact) mass is 371 g/mol. The zero-order valence-electron chi connectivity index (χ0n) is 14.8. The predicted molar refractivity (Wildman–Crippen MR) is 99.6 cm³/mol. The lowest BCUT2D eigenvalue weighted by molar-refractivity contribution is 0.0948. The van der Waals surface area contributed by atoms with Gasteiger partial charge in [-0.05, 0) is 30.4 Å². The third-order valence-corrected chi connectivity index (χ3v) is 5.31. The van der Waals surface area contributed by atoms with Crippen molar-refractivity contribution in [2.75, 3.05) is 13.7 Å². The average molecular weight is 371 g/mol. The van der Waals surface area contributed by atoms with Crippen molar-refractivity contribution >= 4 is 17.2 Å². The Hall–Kier alpha value is -2.61. The van der Waals surface area contributed by atoms with Crippen LogP contribution in [0.2, 0.25) is 0 Å². The number of ether oxygens (including phenoxy) is 1. The molecule has 136 valence electrons. The third kappa shape index (κ3) is 3.37. The van der Waals surface area contributed by atoms with Crippen molar-refractivity contribution in [1.29, 1.82) is 0 Å². The normalized spacial score (nSPS) is 13.8. The predicted octanol–water partition coefficient (Wildman–Crippen LogP) is 2.66. The molecule has 0 radical (unpaired) electrons. The van der Waals surface area contributed by atoms with Gasteiger partial charge >= 0.3 is 0 Å². The van der Waals surface area contributed by atoms with Gasteiger partial charge in [-0.15, -0.1) is 16.4 Å². The van der Waals surface area contributed by atoms with E-state index in [1.54, 1.807) is 29.3 Å². The molecule has 4 rings (SSSR count). The maximum Gasteiger partial charge on any atom is 0.258 e. The van der Waals surface area contributed by atoms with Crippen LogP contribution in [0.25, 0.3) is 10.6 Å². The van der Waals surface area contributed by atoms with Crippen LogP contribution in [-0.4, -0.2) is 39.1 Å². The van der Waals surface area contributed by atoms with Crippen LogP contribution in [0.5, 0.6) is 5.88 Å². The number of nitrogens with one attached hydrogen (secondary N) is 1. The summed E-state index contributed by atoms with van der Waals surface area (Å²) in [5.74, 6) is 0.752. The van der Waals surface area contributed by atoms with Crippen LogP contribution in [0, 0.1) is 0 Å². The molecule has 0 aliphatic heterocycles. The quantitative estimate of drug-likeness (QED) is 0.693. The van der Waals surface area contributed by atoms with Crippen molar-refractivity contribution in [2.45, 2.75) is 25.3 Å². The van der Waals surface area contributed by atoms with Crippen LogP contribution in [0.3, 0.4) is 0 Å². The highest BCUT2D eigenvalue weighted by Crippen LogP contribution is 2.41. The van der Waals surface area contributed by atoms with E-state index < -0.39 is 0 Å². The zero-order valence-corrected chi connectivity index (χ0v) is 15.6. The first-order valence-electron chi connectivity index (χ1n) is 8.63. The number of methoxy groups -OCH3 is 1. The van der Waals surface area contributed by atoms with Crippen LogP contribution in [-0.2, 0) is 13.6 Å². The molecule has 8 heteroatoms. The number of rotatable bonds is 7. The van der Waals surface area contributed by atoms with Gasteiger partial charge in [-0.2, -0.15) is 5.10 Å². The van der Waals surface area contributed by atoms with Crippen molar-refractivity contribution in [2.24, 2.45) is 7.05 Å². The summed E-state index contributed by atoms with van der Waals surface area (Å²) in [6, 6.07) is 6.32. The molecule has 0 bridgehead atoms. The molecule has 0 spiro atoms. The van der Waals surface area contributed by atoms with Gasteiger partial charge in [0.15, 0.2) is 0 Å². The maximum absolute atomic E-state index is 12.4. The van der Waals surface area contributed by atoms with E-state index in [0.29, 0.717) is 30.5 Å². The SMILES string of the molecule is COc1nn(C)cc1C(=O)NCCn1nc(-c2cccs2)cc1C1CC1. The summed E-state index contributed by atoms with van der Waals surface area (Å²) in [7, 11) is 3.27. The fourth-order valence-corrected chi connectivity index (χ4v) is 3.69. The lowest BCUT2D eigenvalue weighted by Gasteiger charge is -2.08. The van der Waals surface area contributed by atoms with Gasteiger partial charge in [-0.1, -0.05) is 6.07 Å². The second-order valence-electron chi connectivity index (χ2n) is 6.41. The Labute approximate surface area is 155 Å². The molecule has 1 aliphatic carbocycles. The summed E-state index contributed by atoms with van der Waals surface area (Å²) in [6.07, 6.45) is 4.09. The van der Waals surface area contributed by atoms with E-state index in [1.165, 1.54) is 30.5 Å². The standard InChI is InChI=1S/C18H21N5O2S/c1-22-11-13(18(21-22)25-2)17(24)19-7-8-23-15(12-5-6-12)10-14(20-23)16-4-3-9-26-16/h3-4,9-12H,5-8H2,1-2H3,(H,19,24). The summed E-state index contributed by atoms with van der Waals surface area (Å²) in [5, 5.41) is 13.9. The van der Waals surface area contributed by atoms with Gasteiger partial charge in [0.2, 0.25) is 5.88 Å². The topological polar surface area (TPSA) is 74.0 Å². The molecule has 0 atom stereocenters. The molecule has 1 saturated carbocycles. The zero-order chi connectivity index (χ0) is 18.1. The Morgan fingerprint density at radius 1 is 1.42 bits per heavy atom. The van der Waals surface area contributed by atoms with Gasteiger partial charge in [0.25, 0.3) is 5.91 Å². The molecule has 7 nitrogen and oxygen atoms in total.